The summed E-state index contributed by atoms with van der Waals surface area (Å²) in [5, 5.41) is 3.17. The second-order valence-electron chi connectivity index (χ2n) is 5.43. The van der Waals surface area contributed by atoms with Gasteiger partial charge >= 0.3 is 0 Å². The van der Waals surface area contributed by atoms with Gasteiger partial charge in [-0.05, 0) is 63.8 Å². The molecule has 0 spiro atoms. The topological polar surface area (TPSA) is 55.1 Å². The molecular weight excluding hydrogens is 200 g/mol. The van der Waals surface area contributed by atoms with Crippen molar-refractivity contribution in [3.63, 3.8) is 0 Å². The van der Waals surface area contributed by atoms with E-state index in [1.165, 1.54) is 32.1 Å². The molecule has 2 aliphatic rings. The molecule has 0 heterocycles. The van der Waals surface area contributed by atoms with E-state index >= 15 is 0 Å². The zero-order chi connectivity index (χ0) is 11.4. The second kappa shape index (κ2) is 5.67. The molecule has 16 heavy (non-hydrogen) atoms. The molecule has 3 nitrogen and oxygen atoms in total. The van der Waals surface area contributed by atoms with Crippen molar-refractivity contribution < 1.29 is 4.79 Å². The van der Waals surface area contributed by atoms with E-state index in [0.29, 0.717) is 11.9 Å². The second-order valence-corrected chi connectivity index (χ2v) is 5.43. The molecule has 0 saturated heterocycles. The third kappa shape index (κ3) is 2.97. The Morgan fingerprint density at radius 2 is 1.81 bits per heavy atom. The fourth-order valence-corrected chi connectivity index (χ4v) is 2.82. The van der Waals surface area contributed by atoms with Crippen molar-refractivity contribution >= 4 is 5.91 Å². The first kappa shape index (κ1) is 11.9. The van der Waals surface area contributed by atoms with Crippen LogP contribution in [0.4, 0.5) is 0 Å². The van der Waals surface area contributed by atoms with E-state index in [1.54, 1.807) is 0 Å². The molecule has 3 N–H and O–H groups in total. The number of hydrogen-bond donors (Lipinski definition) is 2. The van der Waals surface area contributed by atoms with E-state index in [2.05, 4.69) is 5.32 Å². The molecule has 92 valence electrons. The van der Waals surface area contributed by atoms with Crippen molar-refractivity contribution in [2.45, 2.75) is 57.4 Å². The predicted octanol–water partition coefficient (Wildman–Crippen LogP) is 1.81. The quantitative estimate of drug-likeness (QED) is 0.765. The monoisotopic (exact) mass is 224 g/mol. The van der Waals surface area contributed by atoms with Gasteiger partial charge < -0.3 is 11.1 Å². The van der Waals surface area contributed by atoms with Crippen molar-refractivity contribution in [2.75, 3.05) is 6.54 Å². The van der Waals surface area contributed by atoms with E-state index in [-0.39, 0.29) is 5.92 Å². The summed E-state index contributed by atoms with van der Waals surface area (Å²) in [4.78, 5) is 11.9. The third-order valence-electron chi connectivity index (χ3n) is 4.24. The maximum absolute atomic E-state index is 11.9. The summed E-state index contributed by atoms with van der Waals surface area (Å²) in [7, 11) is 0. The van der Waals surface area contributed by atoms with Crippen LogP contribution in [0, 0.1) is 11.8 Å². The zero-order valence-electron chi connectivity index (χ0n) is 10.1. The van der Waals surface area contributed by atoms with Crippen LogP contribution in [0.25, 0.3) is 0 Å². The lowest BCUT2D eigenvalue weighted by atomic mass is 9.80. The van der Waals surface area contributed by atoms with Crippen molar-refractivity contribution in [2.24, 2.45) is 17.6 Å². The summed E-state index contributed by atoms with van der Waals surface area (Å²) in [6.07, 6.45) is 9.33. The molecule has 1 amide bonds. The Morgan fingerprint density at radius 1 is 1.12 bits per heavy atom. The first-order valence-corrected chi connectivity index (χ1v) is 6.80. The van der Waals surface area contributed by atoms with Crippen LogP contribution < -0.4 is 11.1 Å². The minimum absolute atomic E-state index is 0.287. The smallest absolute Gasteiger partial charge is 0.223 e. The SMILES string of the molecule is NCCC1CCC(C(=O)NC2CCC2)CC1. The minimum atomic E-state index is 0.287. The summed E-state index contributed by atoms with van der Waals surface area (Å²) in [6.45, 7) is 0.795. The molecule has 0 aromatic heterocycles. The van der Waals surface area contributed by atoms with Gasteiger partial charge in [0.25, 0.3) is 0 Å². The van der Waals surface area contributed by atoms with Crippen LogP contribution in [0.2, 0.25) is 0 Å². The van der Waals surface area contributed by atoms with Gasteiger partial charge in [-0.1, -0.05) is 0 Å². The van der Waals surface area contributed by atoms with Crippen LogP contribution >= 0.6 is 0 Å². The van der Waals surface area contributed by atoms with Crippen LogP contribution in [0.15, 0.2) is 0 Å². The van der Waals surface area contributed by atoms with Crippen molar-refractivity contribution in [1.29, 1.82) is 0 Å². The number of hydrogen-bond acceptors (Lipinski definition) is 2. The summed E-state index contributed by atoms with van der Waals surface area (Å²) in [5.74, 6) is 1.38. The molecule has 0 atom stereocenters. The van der Waals surface area contributed by atoms with Gasteiger partial charge in [0, 0.05) is 12.0 Å². The van der Waals surface area contributed by atoms with Gasteiger partial charge in [0.2, 0.25) is 5.91 Å². The van der Waals surface area contributed by atoms with Gasteiger partial charge in [-0.3, -0.25) is 4.79 Å². The van der Waals surface area contributed by atoms with Gasteiger partial charge in [0.1, 0.15) is 0 Å². The Kier molecular flexibility index (Phi) is 4.22. The summed E-state index contributed by atoms with van der Waals surface area (Å²) >= 11 is 0. The first-order chi connectivity index (χ1) is 7.79. The molecule has 0 aliphatic heterocycles. The minimum Gasteiger partial charge on any atom is -0.353 e. The molecule has 2 saturated carbocycles. The predicted molar refractivity (Wildman–Crippen MR) is 64.9 cm³/mol. The molecule has 2 fully saturated rings. The Morgan fingerprint density at radius 3 is 2.31 bits per heavy atom. The van der Waals surface area contributed by atoms with Crippen LogP contribution in [0.5, 0.6) is 0 Å². The molecule has 0 bridgehead atoms. The largest absolute Gasteiger partial charge is 0.353 e. The highest BCUT2D eigenvalue weighted by atomic mass is 16.1. The number of nitrogens with two attached hydrogens (primary N) is 1. The lowest BCUT2D eigenvalue weighted by Crippen LogP contribution is -2.43. The fourth-order valence-electron chi connectivity index (χ4n) is 2.82. The molecule has 2 aliphatic carbocycles. The van der Waals surface area contributed by atoms with Gasteiger partial charge in [-0.25, -0.2) is 0 Å². The first-order valence-electron chi connectivity index (χ1n) is 6.80. The highest BCUT2D eigenvalue weighted by molar-refractivity contribution is 5.79. The fraction of sp³-hybridized carbons (Fsp3) is 0.923. The van der Waals surface area contributed by atoms with Crippen LogP contribution in [-0.4, -0.2) is 18.5 Å². The van der Waals surface area contributed by atoms with Crippen LogP contribution in [0.3, 0.4) is 0 Å². The van der Waals surface area contributed by atoms with E-state index < -0.39 is 0 Å². The highest BCUT2D eigenvalue weighted by Crippen LogP contribution is 2.31. The Bertz CT molecular complexity index is 230. The number of carbonyl (C=O) groups excluding carboxylic acids is 1. The molecule has 0 unspecified atom stereocenters. The number of amides is 1. The Hall–Kier alpha value is -0.570. The number of carbonyl (C=O) groups is 1. The van der Waals surface area contributed by atoms with Gasteiger partial charge in [0.05, 0.1) is 0 Å². The molecule has 3 heteroatoms. The van der Waals surface area contributed by atoms with E-state index in [4.69, 9.17) is 5.73 Å². The average Bonchev–Trinajstić information content (AvgIpc) is 2.25. The average molecular weight is 224 g/mol. The molecule has 0 aromatic carbocycles. The summed E-state index contributed by atoms with van der Waals surface area (Å²) < 4.78 is 0. The maximum Gasteiger partial charge on any atom is 0.223 e. The Labute approximate surface area is 98.2 Å². The van der Waals surface area contributed by atoms with E-state index in [0.717, 1.165) is 31.7 Å². The van der Waals surface area contributed by atoms with Gasteiger partial charge in [0.15, 0.2) is 0 Å². The maximum atomic E-state index is 11.9. The lowest BCUT2D eigenvalue weighted by Gasteiger charge is -2.31. The van der Waals surface area contributed by atoms with Gasteiger partial charge in [-0.2, -0.15) is 0 Å². The van der Waals surface area contributed by atoms with Crippen molar-refractivity contribution in [1.82, 2.24) is 5.32 Å². The summed E-state index contributed by atoms with van der Waals surface area (Å²) in [6, 6.07) is 0.495. The molecule has 2 rings (SSSR count). The molecule has 0 aromatic rings. The van der Waals surface area contributed by atoms with Crippen molar-refractivity contribution in [3.05, 3.63) is 0 Å². The Balaban J connectivity index is 1.68. The number of nitrogens with one attached hydrogen (secondary N) is 1. The van der Waals surface area contributed by atoms with Gasteiger partial charge in [-0.15, -0.1) is 0 Å². The molecule has 0 radical (unpaired) electrons. The van der Waals surface area contributed by atoms with E-state index in [1.807, 2.05) is 0 Å². The number of rotatable bonds is 4. The third-order valence-corrected chi connectivity index (χ3v) is 4.24. The standard InChI is InChI=1S/C13H24N2O/c14-9-8-10-4-6-11(7-5-10)13(16)15-12-2-1-3-12/h10-12H,1-9,14H2,(H,15,16). The zero-order valence-corrected chi connectivity index (χ0v) is 10.1. The normalized spacial score (nSPS) is 30.8. The molecular formula is C13H24N2O. The lowest BCUT2D eigenvalue weighted by molar-refractivity contribution is -0.127. The summed E-state index contributed by atoms with van der Waals surface area (Å²) in [5.41, 5.74) is 5.57. The highest BCUT2D eigenvalue weighted by Gasteiger charge is 2.28. The van der Waals surface area contributed by atoms with Crippen LogP contribution in [-0.2, 0) is 4.79 Å². The van der Waals surface area contributed by atoms with E-state index in [9.17, 15) is 4.79 Å². The van der Waals surface area contributed by atoms with Crippen molar-refractivity contribution in [3.8, 4) is 0 Å². The van der Waals surface area contributed by atoms with Crippen LogP contribution in [0.1, 0.15) is 51.4 Å².